The van der Waals surface area contributed by atoms with Crippen LogP contribution in [0.1, 0.15) is 13.3 Å². The number of aromatic nitrogens is 1. The second kappa shape index (κ2) is 6.19. The fourth-order valence-corrected chi connectivity index (χ4v) is 3.59. The number of anilines is 1. The summed E-state index contributed by atoms with van der Waals surface area (Å²) in [5.74, 6) is 0.222. The highest BCUT2D eigenvalue weighted by Gasteiger charge is 2.29. The van der Waals surface area contributed by atoms with E-state index in [1.54, 1.807) is 12.3 Å². The Morgan fingerprint density at radius 3 is 3.00 bits per heavy atom. The van der Waals surface area contributed by atoms with Crippen LogP contribution >= 0.6 is 0 Å². The first-order valence-electron chi connectivity index (χ1n) is 6.51. The van der Waals surface area contributed by atoms with E-state index in [1.807, 2.05) is 6.92 Å². The summed E-state index contributed by atoms with van der Waals surface area (Å²) in [6, 6.07) is 3.12. The standard InChI is InChI=1S/C12H18N4O3S/c1-2-13-12-10(4-3-6-15-12)20(18,19)16-8-5-11(17)14-7-9-16/h3-4,6H,2,5,7-9H2,1H3,(H,13,15)(H,14,17). The Kier molecular flexibility index (Phi) is 4.56. The van der Waals surface area contributed by atoms with E-state index in [1.165, 1.54) is 10.4 Å². The Labute approximate surface area is 118 Å². The molecule has 0 spiro atoms. The van der Waals surface area contributed by atoms with Gasteiger partial charge in [0.25, 0.3) is 0 Å². The largest absolute Gasteiger partial charge is 0.369 e. The van der Waals surface area contributed by atoms with Gasteiger partial charge in [0.15, 0.2) is 0 Å². The van der Waals surface area contributed by atoms with E-state index in [-0.39, 0.29) is 30.3 Å². The topological polar surface area (TPSA) is 91.4 Å². The monoisotopic (exact) mass is 298 g/mol. The predicted octanol–water partition coefficient (Wildman–Crippen LogP) is 0.0240. The van der Waals surface area contributed by atoms with Crippen molar-refractivity contribution in [1.29, 1.82) is 0 Å². The predicted molar refractivity (Wildman–Crippen MR) is 74.8 cm³/mol. The highest BCUT2D eigenvalue weighted by atomic mass is 32.2. The zero-order chi connectivity index (χ0) is 14.6. The number of pyridine rings is 1. The Hall–Kier alpha value is -1.67. The maximum absolute atomic E-state index is 12.6. The Morgan fingerprint density at radius 1 is 1.45 bits per heavy atom. The Bertz CT molecular complexity index is 588. The van der Waals surface area contributed by atoms with Crippen molar-refractivity contribution in [2.24, 2.45) is 0 Å². The average molecular weight is 298 g/mol. The summed E-state index contributed by atoms with van der Waals surface area (Å²) >= 11 is 0. The Balaban J connectivity index is 2.32. The third kappa shape index (κ3) is 3.07. The number of carbonyl (C=O) groups excluding carboxylic acids is 1. The van der Waals surface area contributed by atoms with Gasteiger partial charge in [-0.05, 0) is 19.1 Å². The molecule has 2 N–H and O–H groups in total. The number of sulfonamides is 1. The van der Waals surface area contributed by atoms with Gasteiger partial charge in [0.1, 0.15) is 10.7 Å². The van der Waals surface area contributed by atoms with Gasteiger partial charge < -0.3 is 10.6 Å². The van der Waals surface area contributed by atoms with Crippen LogP contribution in [-0.4, -0.2) is 49.8 Å². The molecule has 0 unspecified atom stereocenters. The van der Waals surface area contributed by atoms with E-state index >= 15 is 0 Å². The molecule has 2 heterocycles. The Morgan fingerprint density at radius 2 is 2.25 bits per heavy atom. The molecule has 0 aromatic carbocycles. The van der Waals surface area contributed by atoms with Crippen LogP contribution in [0, 0.1) is 0 Å². The summed E-state index contributed by atoms with van der Waals surface area (Å²) in [4.78, 5) is 15.5. The van der Waals surface area contributed by atoms with E-state index in [0.29, 0.717) is 18.9 Å². The van der Waals surface area contributed by atoms with E-state index in [4.69, 9.17) is 0 Å². The average Bonchev–Trinajstić information content (AvgIpc) is 2.65. The maximum Gasteiger partial charge on any atom is 0.246 e. The number of amides is 1. The molecule has 1 aromatic heterocycles. The van der Waals surface area contributed by atoms with Gasteiger partial charge in [0.05, 0.1) is 0 Å². The van der Waals surface area contributed by atoms with E-state index in [9.17, 15) is 13.2 Å². The van der Waals surface area contributed by atoms with Gasteiger partial charge in [0, 0.05) is 38.8 Å². The number of hydrogen-bond donors (Lipinski definition) is 2. The normalized spacial score (nSPS) is 17.4. The van der Waals surface area contributed by atoms with Gasteiger partial charge in [-0.2, -0.15) is 4.31 Å². The smallest absolute Gasteiger partial charge is 0.246 e. The number of nitrogens with one attached hydrogen (secondary N) is 2. The molecule has 0 radical (unpaired) electrons. The highest BCUT2D eigenvalue weighted by Crippen LogP contribution is 2.22. The van der Waals surface area contributed by atoms with Crippen molar-refractivity contribution in [3.63, 3.8) is 0 Å². The summed E-state index contributed by atoms with van der Waals surface area (Å²) in [5.41, 5.74) is 0. The molecule has 1 fully saturated rings. The molecule has 0 bridgehead atoms. The van der Waals surface area contributed by atoms with Crippen LogP contribution in [0.15, 0.2) is 23.2 Å². The summed E-state index contributed by atoms with van der Waals surface area (Å²) < 4.78 is 26.6. The van der Waals surface area contributed by atoms with Crippen LogP contribution in [0.4, 0.5) is 5.82 Å². The van der Waals surface area contributed by atoms with Crippen LogP contribution in [0.3, 0.4) is 0 Å². The SMILES string of the molecule is CCNc1ncccc1S(=O)(=O)N1CCNC(=O)CC1. The lowest BCUT2D eigenvalue weighted by atomic mass is 10.4. The molecular formula is C12H18N4O3S. The van der Waals surface area contributed by atoms with Crippen LogP contribution < -0.4 is 10.6 Å². The van der Waals surface area contributed by atoms with Crippen LogP contribution in [0.25, 0.3) is 0 Å². The molecule has 2 rings (SSSR count). The van der Waals surface area contributed by atoms with Crippen molar-refractivity contribution in [3.05, 3.63) is 18.3 Å². The summed E-state index contributed by atoms with van der Waals surface area (Å²) in [6.07, 6.45) is 1.72. The van der Waals surface area contributed by atoms with Crippen molar-refractivity contribution in [1.82, 2.24) is 14.6 Å². The highest BCUT2D eigenvalue weighted by molar-refractivity contribution is 7.89. The van der Waals surface area contributed by atoms with Crippen LogP contribution in [0.2, 0.25) is 0 Å². The first kappa shape index (κ1) is 14.7. The molecule has 0 saturated carbocycles. The van der Waals surface area contributed by atoms with Gasteiger partial charge in [-0.3, -0.25) is 4.79 Å². The molecule has 0 aliphatic carbocycles. The second-order valence-corrected chi connectivity index (χ2v) is 6.29. The van der Waals surface area contributed by atoms with E-state index < -0.39 is 10.0 Å². The molecule has 8 heteroatoms. The zero-order valence-corrected chi connectivity index (χ0v) is 12.1. The molecule has 1 aliphatic heterocycles. The third-order valence-electron chi connectivity index (χ3n) is 3.00. The number of hydrogen-bond acceptors (Lipinski definition) is 5. The molecular weight excluding hydrogens is 280 g/mol. The maximum atomic E-state index is 12.6. The van der Waals surface area contributed by atoms with Crippen molar-refractivity contribution in [2.75, 3.05) is 31.5 Å². The molecule has 110 valence electrons. The third-order valence-corrected chi connectivity index (χ3v) is 4.93. The van der Waals surface area contributed by atoms with Gasteiger partial charge in [0.2, 0.25) is 15.9 Å². The van der Waals surface area contributed by atoms with Crippen molar-refractivity contribution in [2.45, 2.75) is 18.2 Å². The minimum atomic E-state index is -3.65. The van der Waals surface area contributed by atoms with E-state index in [0.717, 1.165) is 0 Å². The lowest BCUT2D eigenvalue weighted by Gasteiger charge is -2.20. The summed E-state index contributed by atoms with van der Waals surface area (Å²) in [7, 11) is -3.65. The molecule has 1 saturated heterocycles. The minimum absolute atomic E-state index is 0.124. The quantitative estimate of drug-likeness (QED) is 0.818. The minimum Gasteiger partial charge on any atom is -0.369 e. The fourth-order valence-electron chi connectivity index (χ4n) is 2.02. The van der Waals surface area contributed by atoms with Crippen molar-refractivity contribution >= 4 is 21.7 Å². The summed E-state index contributed by atoms with van der Waals surface area (Å²) in [5, 5.41) is 5.61. The molecule has 20 heavy (non-hydrogen) atoms. The fraction of sp³-hybridized carbons (Fsp3) is 0.500. The summed E-state index contributed by atoms with van der Waals surface area (Å²) in [6.45, 7) is 3.25. The molecule has 7 nitrogen and oxygen atoms in total. The number of rotatable bonds is 4. The van der Waals surface area contributed by atoms with Gasteiger partial charge in [-0.25, -0.2) is 13.4 Å². The second-order valence-electron chi connectivity index (χ2n) is 4.38. The lowest BCUT2D eigenvalue weighted by molar-refractivity contribution is -0.120. The van der Waals surface area contributed by atoms with Gasteiger partial charge in [-0.1, -0.05) is 0 Å². The number of carbonyl (C=O) groups is 1. The lowest BCUT2D eigenvalue weighted by Crippen LogP contribution is -2.34. The van der Waals surface area contributed by atoms with Gasteiger partial charge in [-0.15, -0.1) is 0 Å². The first-order valence-corrected chi connectivity index (χ1v) is 7.95. The van der Waals surface area contributed by atoms with Gasteiger partial charge >= 0.3 is 0 Å². The zero-order valence-electron chi connectivity index (χ0n) is 11.3. The molecule has 1 aromatic rings. The van der Waals surface area contributed by atoms with Crippen LogP contribution in [-0.2, 0) is 14.8 Å². The molecule has 0 atom stereocenters. The van der Waals surface area contributed by atoms with E-state index in [2.05, 4.69) is 15.6 Å². The molecule has 1 aliphatic rings. The number of nitrogens with zero attached hydrogens (tertiary/aromatic N) is 2. The first-order chi connectivity index (χ1) is 9.55. The van der Waals surface area contributed by atoms with Crippen LogP contribution in [0.5, 0.6) is 0 Å². The van der Waals surface area contributed by atoms with Crippen molar-refractivity contribution < 1.29 is 13.2 Å². The molecule has 1 amide bonds. The van der Waals surface area contributed by atoms with Crippen molar-refractivity contribution in [3.8, 4) is 0 Å².